The van der Waals surface area contributed by atoms with Gasteiger partial charge in [0.1, 0.15) is 17.8 Å². The Balaban J connectivity index is 1.68. The van der Waals surface area contributed by atoms with Crippen LogP contribution in [0.25, 0.3) is 0 Å². The van der Waals surface area contributed by atoms with Gasteiger partial charge in [0, 0.05) is 30.7 Å². The Labute approximate surface area is 152 Å². The SMILES string of the molecule is O=C(Nc1cccc(C(F)(F)F)c1)c1cc(NCc2cccnc2)ncn1. The number of hydrogen-bond donors (Lipinski definition) is 2. The van der Waals surface area contributed by atoms with Crippen LogP contribution in [-0.4, -0.2) is 20.9 Å². The van der Waals surface area contributed by atoms with E-state index in [1.54, 1.807) is 18.5 Å². The Hall–Kier alpha value is -3.49. The topological polar surface area (TPSA) is 79.8 Å². The highest BCUT2D eigenvalue weighted by Gasteiger charge is 2.30. The molecule has 9 heteroatoms. The summed E-state index contributed by atoms with van der Waals surface area (Å²) in [4.78, 5) is 24.2. The number of anilines is 2. The van der Waals surface area contributed by atoms with Crippen molar-refractivity contribution in [2.75, 3.05) is 10.6 Å². The number of nitrogens with one attached hydrogen (secondary N) is 2. The number of halogens is 3. The van der Waals surface area contributed by atoms with Crippen LogP contribution in [-0.2, 0) is 12.7 Å². The van der Waals surface area contributed by atoms with Crippen LogP contribution in [0.3, 0.4) is 0 Å². The van der Waals surface area contributed by atoms with Gasteiger partial charge in [0.2, 0.25) is 0 Å². The van der Waals surface area contributed by atoms with Crippen LogP contribution in [0.2, 0.25) is 0 Å². The van der Waals surface area contributed by atoms with Crippen LogP contribution in [0, 0.1) is 0 Å². The van der Waals surface area contributed by atoms with Crippen molar-refractivity contribution in [1.29, 1.82) is 0 Å². The Morgan fingerprint density at radius 3 is 2.67 bits per heavy atom. The molecule has 0 atom stereocenters. The summed E-state index contributed by atoms with van der Waals surface area (Å²) in [6.07, 6.45) is 0.0610. The van der Waals surface area contributed by atoms with E-state index >= 15 is 0 Å². The minimum absolute atomic E-state index is 0.0242. The molecule has 3 aromatic rings. The molecule has 1 aromatic carbocycles. The minimum atomic E-state index is -4.49. The fourth-order valence-corrected chi connectivity index (χ4v) is 2.24. The summed E-state index contributed by atoms with van der Waals surface area (Å²) < 4.78 is 38.3. The number of aromatic nitrogens is 3. The van der Waals surface area contributed by atoms with Gasteiger partial charge >= 0.3 is 6.18 Å². The van der Waals surface area contributed by atoms with E-state index in [4.69, 9.17) is 0 Å². The molecule has 2 aromatic heterocycles. The van der Waals surface area contributed by atoms with Crippen LogP contribution in [0.1, 0.15) is 21.6 Å². The highest BCUT2D eigenvalue weighted by Crippen LogP contribution is 2.30. The molecule has 0 bridgehead atoms. The summed E-state index contributed by atoms with van der Waals surface area (Å²) >= 11 is 0. The fourth-order valence-electron chi connectivity index (χ4n) is 2.24. The monoisotopic (exact) mass is 373 g/mol. The Kier molecular flexibility index (Phi) is 5.30. The standard InChI is InChI=1S/C18H14F3N5O/c19-18(20,21)13-4-1-5-14(7-13)26-17(27)15-8-16(25-11-24-15)23-10-12-3-2-6-22-9-12/h1-9,11H,10H2,(H,26,27)(H,23,24,25). The normalized spacial score (nSPS) is 11.1. The maximum Gasteiger partial charge on any atom is 0.416 e. The summed E-state index contributed by atoms with van der Waals surface area (Å²) in [6.45, 7) is 0.444. The molecule has 0 aliphatic heterocycles. The lowest BCUT2D eigenvalue weighted by Crippen LogP contribution is -2.15. The predicted molar refractivity (Wildman–Crippen MR) is 93.0 cm³/mol. The second-order valence-corrected chi connectivity index (χ2v) is 5.54. The molecule has 0 unspecified atom stereocenters. The van der Waals surface area contributed by atoms with Gasteiger partial charge in [-0.1, -0.05) is 12.1 Å². The van der Waals surface area contributed by atoms with Gasteiger partial charge < -0.3 is 10.6 Å². The predicted octanol–water partition coefficient (Wildman–Crippen LogP) is 3.75. The molecule has 138 valence electrons. The van der Waals surface area contributed by atoms with Crippen molar-refractivity contribution in [3.05, 3.63) is 78.0 Å². The Bertz CT molecular complexity index is 932. The number of rotatable bonds is 5. The molecule has 3 rings (SSSR count). The average Bonchev–Trinajstić information content (AvgIpc) is 2.67. The van der Waals surface area contributed by atoms with Gasteiger partial charge in [0.05, 0.1) is 5.56 Å². The van der Waals surface area contributed by atoms with E-state index in [0.717, 1.165) is 17.7 Å². The smallest absolute Gasteiger partial charge is 0.366 e. The highest BCUT2D eigenvalue weighted by atomic mass is 19.4. The molecular formula is C18H14F3N5O. The second kappa shape index (κ2) is 7.81. The Morgan fingerprint density at radius 1 is 1.07 bits per heavy atom. The lowest BCUT2D eigenvalue weighted by Gasteiger charge is -2.10. The molecule has 0 saturated heterocycles. The van der Waals surface area contributed by atoms with Gasteiger partial charge in [-0.2, -0.15) is 13.2 Å². The van der Waals surface area contributed by atoms with E-state index in [1.807, 2.05) is 6.07 Å². The van der Waals surface area contributed by atoms with Crippen molar-refractivity contribution in [3.8, 4) is 0 Å². The van der Waals surface area contributed by atoms with E-state index in [1.165, 1.54) is 24.5 Å². The quantitative estimate of drug-likeness (QED) is 0.712. The lowest BCUT2D eigenvalue weighted by atomic mass is 10.2. The molecule has 0 fully saturated rings. The van der Waals surface area contributed by atoms with Crippen LogP contribution in [0.15, 0.2) is 61.2 Å². The maximum absolute atomic E-state index is 12.8. The lowest BCUT2D eigenvalue weighted by molar-refractivity contribution is -0.137. The fraction of sp³-hybridized carbons (Fsp3) is 0.111. The zero-order valence-corrected chi connectivity index (χ0v) is 13.9. The number of carbonyl (C=O) groups excluding carboxylic acids is 1. The van der Waals surface area contributed by atoms with Gasteiger partial charge in [-0.3, -0.25) is 9.78 Å². The molecule has 0 spiro atoms. The summed E-state index contributed by atoms with van der Waals surface area (Å²) in [5.74, 6) is -0.232. The third-order valence-corrected chi connectivity index (χ3v) is 3.54. The number of amides is 1. The van der Waals surface area contributed by atoms with Crippen molar-refractivity contribution in [1.82, 2.24) is 15.0 Å². The van der Waals surface area contributed by atoms with Gasteiger partial charge in [0.15, 0.2) is 0 Å². The van der Waals surface area contributed by atoms with Crippen LogP contribution in [0.4, 0.5) is 24.7 Å². The van der Waals surface area contributed by atoms with Gasteiger partial charge in [-0.05, 0) is 29.8 Å². The summed E-state index contributed by atoms with van der Waals surface area (Å²) in [6, 6.07) is 9.48. The molecular weight excluding hydrogens is 359 g/mol. The molecule has 1 amide bonds. The molecule has 0 saturated carbocycles. The van der Waals surface area contributed by atoms with Crippen LogP contribution in [0.5, 0.6) is 0 Å². The first-order valence-corrected chi connectivity index (χ1v) is 7.85. The van der Waals surface area contributed by atoms with Gasteiger partial charge in [-0.15, -0.1) is 0 Å². The highest BCUT2D eigenvalue weighted by molar-refractivity contribution is 6.03. The molecule has 0 aliphatic rings. The van der Waals surface area contributed by atoms with Gasteiger partial charge in [0.25, 0.3) is 5.91 Å². The molecule has 27 heavy (non-hydrogen) atoms. The zero-order valence-electron chi connectivity index (χ0n) is 13.9. The average molecular weight is 373 g/mol. The van der Waals surface area contributed by atoms with E-state index in [2.05, 4.69) is 25.6 Å². The first-order chi connectivity index (χ1) is 12.9. The second-order valence-electron chi connectivity index (χ2n) is 5.54. The van der Waals surface area contributed by atoms with Crippen LogP contribution < -0.4 is 10.6 Å². The number of hydrogen-bond acceptors (Lipinski definition) is 5. The largest absolute Gasteiger partial charge is 0.416 e. The van der Waals surface area contributed by atoms with Crippen molar-refractivity contribution < 1.29 is 18.0 Å². The van der Waals surface area contributed by atoms with E-state index in [0.29, 0.717) is 12.4 Å². The summed E-state index contributed by atoms with van der Waals surface area (Å²) in [7, 11) is 0. The maximum atomic E-state index is 12.8. The molecule has 0 radical (unpaired) electrons. The van der Waals surface area contributed by atoms with E-state index < -0.39 is 17.6 Å². The Morgan fingerprint density at radius 2 is 1.93 bits per heavy atom. The molecule has 0 aliphatic carbocycles. The van der Waals surface area contributed by atoms with Crippen molar-refractivity contribution >= 4 is 17.4 Å². The van der Waals surface area contributed by atoms with Gasteiger partial charge in [-0.25, -0.2) is 9.97 Å². The third kappa shape index (κ3) is 5.00. The van der Waals surface area contributed by atoms with Crippen molar-refractivity contribution in [3.63, 3.8) is 0 Å². The van der Waals surface area contributed by atoms with E-state index in [-0.39, 0.29) is 11.4 Å². The first-order valence-electron chi connectivity index (χ1n) is 7.85. The van der Waals surface area contributed by atoms with Crippen LogP contribution >= 0.6 is 0 Å². The zero-order chi connectivity index (χ0) is 19.3. The third-order valence-electron chi connectivity index (χ3n) is 3.54. The summed E-state index contributed by atoms with van der Waals surface area (Å²) in [5, 5.41) is 5.43. The van der Waals surface area contributed by atoms with E-state index in [9.17, 15) is 18.0 Å². The number of benzene rings is 1. The number of carbonyl (C=O) groups is 1. The number of nitrogens with zero attached hydrogens (tertiary/aromatic N) is 3. The first kappa shape index (κ1) is 18.3. The molecule has 2 heterocycles. The van der Waals surface area contributed by atoms with Crippen molar-refractivity contribution in [2.24, 2.45) is 0 Å². The molecule has 2 N–H and O–H groups in total. The summed E-state index contributed by atoms with van der Waals surface area (Å²) in [5.41, 5.74) is 0.127. The number of alkyl halides is 3. The van der Waals surface area contributed by atoms with Crippen molar-refractivity contribution in [2.45, 2.75) is 12.7 Å². The number of pyridine rings is 1. The minimum Gasteiger partial charge on any atom is -0.366 e. The molecule has 6 nitrogen and oxygen atoms in total.